The maximum atomic E-state index is 4.67. The summed E-state index contributed by atoms with van der Waals surface area (Å²) in [7, 11) is 2.03. The molecule has 0 saturated heterocycles. The van der Waals surface area contributed by atoms with Gasteiger partial charge in [-0.3, -0.25) is 0 Å². The summed E-state index contributed by atoms with van der Waals surface area (Å²) in [6.07, 6.45) is 0.836. The molecule has 0 aliphatic rings. The third kappa shape index (κ3) is 3.17. The third-order valence-electron chi connectivity index (χ3n) is 3.50. The number of hydrogen-bond donors (Lipinski definition) is 0. The van der Waals surface area contributed by atoms with Crippen LogP contribution in [0.25, 0.3) is 10.2 Å². The molecule has 4 nitrogen and oxygen atoms in total. The number of thioether (sulfide) groups is 1. The Morgan fingerprint density at radius 2 is 2.04 bits per heavy atom. The number of fused-ring (bicyclic) bond motifs is 1. The van der Waals surface area contributed by atoms with Crippen LogP contribution in [-0.2, 0) is 19.2 Å². The largest absolute Gasteiger partial charge is 0.309 e. The van der Waals surface area contributed by atoms with Crippen molar-refractivity contribution >= 4 is 44.7 Å². The summed E-state index contributed by atoms with van der Waals surface area (Å²) in [6, 6.07) is 12.5. The first-order valence-electron chi connectivity index (χ1n) is 7.17. The quantitative estimate of drug-likeness (QED) is 0.497. The number of rotatable bonds is 5. The summed E-state index contributed by atoms with van der Waals surface area (Å²) in [5.41, 5.74) is 1.07. The molecule has 1 aromatic carbocycles. The first kappa shape index (κ1) is 14.9. The summed E-state index contributed by atoms with van der Waals surface area (Å²) in [4.78, 5) is 5.98. The number of hydrogen-bond acceptors (Lipinski definition) is 6. The van der Waals surface area contributed by atoms with Gasteiger partial charge >= 0.3 is 0 Å². The minimum absolute atomic E-state index is 0.824. The van der Waals surface area contributed by atoms with Crippen LogP contribution < -0.4 is 0 Å². The highest BCUT2D eigenvalue weighted by Gasteiger charge is 2.12. The van der Waals surface area contributed by atoms with Gasteiger partial charge in [-0.25, -0.2) is 4.98 Å². The summed E-state index contributed by atoms with van der Waals surface area (Å²) < 4.78 is 3.32. The number of thiophene rings is 1. The van der Waals surface area contributed by atoms with E-state index in [1.807, 2.05) is 13.1 Å². The van der Waals surface area contributed by atoms with Crippen LogP contribution in [0.15, 0.2) is 46.9 Å². The van der Waals surface area contributed by atoms with E-state index in [1.165, 1.54) is 9.58 Å². The van der Waals surface area contributed by atoms with Gasteiger partial charge in [0.05, 0.1) is 16.0 Å². The molecule has 0 radical (unpaired) electrons. The Morgan fingerprint density at radius 1 is 1.13 bits per heavy atom. The predicted octanol–water partition coefficient (Wildman–Crippen LogP) is 4.37. The lowest BCUT2D eigenvalue weighted by atomic mass is 10.3. The van der Waals surface area contributed by atoms with Crippen molar-refractivity contribution < 1.29 is 0 Å². The second kappa shape index (κ2) is 6.43. The van der Waals surface area contributed by atoms with Crippen molar-refractivity contribution in [2.24, 2.45) is 7.05 Å². The van der Waals surface area contributed by atoms with Crippen LogP contribution in [0.1, 0.15) is 15.7 Å². The van der Waals surface area contributed by atoms with Crippen LogP contribution in [0, 0.1) is 0 Å². The smallest absolute Gasteiger partial charge is 0.191 e. The van der Waals surface area contributed by atoms with Crippen molar-refractivity contribution in [3.8, 4) is 0 Å². The van der Waals surface area contributed by atoms with Crippen molar-refractivity contribution in [1.82, 2.24) is 19.7 Å². The first-order chi connectivity index (χ1) is 11.3. The average Bonchev–Trinajstić information content (AvgIpc) is 3.27. The molecular weight excluding hydrogens is 344 g/mol. The number of para-hydroxylation sites is 1. The van der Waals surface area contributed by atoms with Crippen LogP contribution in [0.3, 0.4) is 0 Å². The predicted molar refractivity (Wildman–Crippen MR) is 97.3 cm³/mol. The number of nitrogens with zero attached hydrogens (tertiary/aromatic N) is 4. The summed E-state index contributed by atoms with van der Waals surface area (Å²) in [5.74, 6) is 1.82. The lowest BCUT2D eigenvalue weighted by molar-refractivity contribution is 0.751. The molecule has 116 valence electrons. The normalized spacial score (nSPS) is 11.3. The van der Waals surface area contributed by atoms with E-state index in [1.54, 1.807) is 34.4 Å². The molecule has 3 aromatic heterocycles. The zero-order chi connectivity index (χ0) is 15.6. The molecule has 23 heavy (non-hydrogen) atoms. The highest BCUT2D eigenvalue weighted by Crippen LogP contribution is 2.28. The molecule has 0 spiro atoms. The van der Waals surface area contributed by atoms with Gasteiger partial charge in [0.25, 0.3) is 0 Å². The fraction of sp³-hybridized carbons (Fsp3) is 0.188. The molecule has 7 heteroatoms. The van der Waals surface area contributed by atoms with Crippen LogP contribution >= 0.6 is 34.4 Å². The Morgan fingerprint density at radius 3 is 2.87 bits per heavy atom. The lowest BCUT2D eigenvalue weighted by Crippen LogP contribution is -1.99. The number of aromatic nitrogens is 4. The molecule has 0 N–H and O–H groups in total. The highest BCUT2D eigenvalue weighted by molar-refractivity contribution is 7.98. The molecule has 4 rings (SSSR count). The molecule has 0 bridgehead atoms. The van der Waals surface area contributed by atoms with Crippen molar-refractivity contribution in [2.45, 2.75) is 17.3 Å². The van der Waals surface area contributed by atoms with E-state index >= 15 is 0 Å². The maximum absolute atomic E-state index is 4.67. The van der Waals surface area contributed by atoms with E-state index < -0.39 is 0 Å². The molecule has 4 aromatic rings. The highest BCUT2D eigenvalue weighted by atomic mass is 32.2. The lowest BCUT2D eigenvalue weighted by Gasteiger charge is -2.01. The minimum atomic E-state index is 0.824. The van der Waals surface area contributed by atoms with Gasteiger partial charge in [-0.15, -0.1) is 32.9 Å². The Balaban J connectivity index is 1.47. The molecule has 3 heterocycles. The van der Waals surface area contributed by atoms with E-state index in [2.05, 4.69) is 55.5 Å². The Hall–Kier alpha value is -1.70. The van der Waals surface area contributed by atoms with E-state index in [9.17, 15) is 0 Å². The van der Waals surface area contributed by atoms with Crippen LogP contribution in [0.2, 0.25) is 0 Å². The van der Waals surface area contributed by atoms with Gasteiger partial charge in [0.1, 0.15) is 10.8 Å². The van der Waals surface area contributed by atoms with Gasteiger partial charge < -0.3 is 4.57 Å². The van der Waals surface area contributed by atoms with Crippen LogP contribution in [0.4, 0.5) is 0 Å². The second-order valence-electron chi connectivity index (χ2n) is 5.08. The van der Waals surface area contributed by atoms with E-state index in [0.29, 0.717) is 0 Å². The van der Waals surface area contributed by atoms with Crippen molar-refractivity contribution in [3.63, 3.8) is 0 Å². The first-order valence-corrected chi connectivity index (χ1v) is 9.85. The van der Waals surface area contributed by atoms with Gasteiger partial charge in [0, 0.05) is 18.3 Å². The van der Waals surface area contributed by atoms with Crippen molar-refractivity contribution in [1.29, 1.82) is 0 Å². The van der Waals surface area contributed by atoms with E-state index in [-0.39, 0.29) is 0 Å². The third-order valence-corrected chi connectivity index (χ3v) is 6.63. The summed E-state index contributed by atoms with van der Waals surface area (Å²) in [6.45, 7) is 0. The van der Waals surface area contributed by atoms with Gasteiger partial charge in [0.2, 0.25) is 0 Å². The second-order valence-corrected chi connectivity index (χ2v) is 8.17. The fourth-order valence-corrected chi connectivity index (χ4v) is 4.89. The number of benzene rings is 1. The minimum Gasteiger partial charge on any atom is -0.309 e. The van der Waals surface area contributed by atoms with Gasteiger partial charge in [-0.1, -0.05) is 30.0 Å². The molecule has 0 aliphatic carbocycles. The van der Waals surface area contributed by atoms with Gasteiger partial charge in [0.15, 0.2) is 5.16 Å². The Bertz CT molecular complexity index is 891. The monoisotopic (exact) mass is 358 g/mol. The Kier molecular flexibility index (Phi) is 4.15. The molecule has 0 aliphatic heterocycles. The average molecular weight is 359 g/mol. The van der Waals surface area contributed by atoms with Crippen LogP contribution in [-0.4, -0.2) is 19.7 Å². The fourth-order valence-electron chi connectivity index (χ4n) is 2.30. The van der Waals surface area contributed by atoms with Crippen molar-refractivity contribution in [3.05, 3.63) is 57.5 Å². The molecule has 0 saturated carbocycles. The molecule has 0 atom stereocenters. The standard InChI is InChI=1S/C16H14N4S3/c1-20-14(9-11-5-4-8-21-11)18-19-16(20)22-10-15-17-12-6-2-3-7-13(12)23-15/h2-8H,9-10H2,1H3. The molecule has 0 fully saturated rings. The number of thiazole rings is 1. The van der Waals surface area contributed by atoms with E-state index in [4.69, 9.17) is 0 Å². The summed E-state index contributed by atoms with van der Waals surface area (Å²) in [5, 5.41) is 12.8. The molecule has 0 amide bonds. The van der Waals surface area contributed by atoms with Crippen molar-refractivity contribution in [2.75, 3.05) is 0 Å². The van der Waals surface area contributed by atoms with Gasteiger partial charge in [-0.05, 0) is 23.6 Å². The Labute approximate surface area is 146 Å². The SMILES string of the molecule is Cn1c(Cc2cccs2)nnc1SCc1nc2ccccc2s1. The zero-order valence-electron chi connectivity index (χ0n) is 12.5. The van der Waals surface area contributed by atoms with Gasteiger partial charge in [-0.2, -0.15) is 0 Å². The van der Waals surface area contributed by atoms with E-state index in [0.717, 1.165) is 33.7 Å². The summed E-state index contributed by atoms with van der Waals surface area (Å²) >= 11 is 5.19. The zero-order valence-corrected chi connectivity index (χ0v) is 14.9. The topological polar surface area (TPSA) is 43.6 Å². The molecule has 0 unspecified atom stereocenters. The van der Waals surface area contributed by atoms with Crippen LogP contribution in [0.5, 0.6) is 0 Å². The molecular formula is C16H14N4S3. The maximum Gasteiger partial charge on any atom is 0.191 e.